The summed E-state index contributed by atoms with van der Waals surface area (Å²) < 4.78 is 11.2. The Kier molecular flexibility index (Phi) is 4.45. The van der Waals surface area contributed by atoms with Crippen LogP contribution in [0.4, 0.5) is 0 Å². The number of aliphatic imine (C=N–C) groups is 1. The molecule has 1 aliphatic rings. The van der Waals surface area contributed by atoms with Crippen LogP contribution in [0, 0.1) is 0 Å². The summed E-state index contributed by atoms with van der Waals surface area (Å²) in [4.78, 5) is 4.42. The van der Waals surface area contributed by atoms with Gasteiger partial charge in [0.05, 0.1) is 19.8 Å². The van der Waals surface area contributed by atoms with Crippen LogP contribution in [0.25, 0.3) is 0 Å². The molecule has 1 aromatic rings. The second-order valence-corrected chi connectivity index (χ2v) is 4.07. The van der Waals surface area contributed by atoms with Crippen LogP contribution in [0.2, 0.25) is 0 Å². The lowest BCUT2D eigenvalue weighted by atomic mass is 10.1. The van der Waals surface area contributed by atoms with Crippen molar-refractivity contribution in [2.45, 2.75) is 20.3 Å². The van der Waals surface area contributed by atoms with Crippen LogP contribution in [-0.4, -0.2) is 32.1 Å². The molecule has 0 aromatic heterocycles. The van der Waals surface area contributed by atoms with Gasteiger partial charge in [-0.3, -0.25) is 4.99 Å². The first-order chi connectivity index (χ1) is 8.83. The van der Waals surface area contributed by atoms with Gasteiger partial charge < -0.3 is 14.8 Å². The SMILES string of the molecule is CCOc1ccc(OCC)c(CC2=NCCN2)c1. The Morgan fingerprint density at radius 3 is 2.72 bits per heavy atom. The Labute approximate surface area is 108 Å². The summed E-state index contributed by atoms with van der Waals surface area (Å²) in [5, 5.41) is 3.28. The quantitative estimate of drug-likeness (QED) is 0.837. The van der Waals surface area contributed by atoms with E-state index in [0.29, 0.717) is 13.2 Å². The highest BCUT2D eigenvalue weighted by molar-refractivity contribution is 5.86. The Morgan fingerprint density at radius 1 is 1.22 bits per heavy atom. The molecule has 1 N–H and O–H groups in total. The Hall–Kier alpha value is -1.71. The molecule has 0 spiro atoms. The van der Waals surface area contributed by atoms with E-state index in [1.54, 1.807) is 0 Å². The largest absolute Gasteiger partial charge is 0.494 e. The van der Waals surface area contributed by atoms with Crippen LogP contribution >= 0.6 is 0 Å². The monoisotopic (exact) mass is 248 g/mol. The molecule has 4 heteroatoms. The highest BCUT2D eigenvalue weighted by Crippen LogP contribution is 2.25. The summed E-state index contributed by atoms with van der Waals surface area (Å²) in [6.45, 7) is 7.12. The van der Waals surface area contributed by atoms with Crippen molar-refractivity contribution in [2.24, 2.45) is 4.99 Å². The van der Waals surface area contributed by atoms with Gasteiger partial charge in [-0.1, -0.05) is 0 Å². The second kappa shape index (κ2) is 6.28. The van der Waals surface area contributed by atoms with Crippen LogP contribution in [0.3, 0.4) is 0 Å². The first-order valence-corrected chi connectivity index (χ1v) is 6.49. The van der Waals surface area contributed by atoms with E-state index in [1.165, 1.54) is 0 Å². The molecule has 0 aliphatic carbocycles. The fraction of sp³-hybridized carbons (Fsp3) is 0.500. The average molecular weight is 248 g/mol. The van der Waals surface area contributed by atoms with Crippen LogP contribution in [0.5, 0.6) is 11.5 Å². The smallest absolute Gasteiger partial charge is 0.123 e. The Morgan fingerprint density at radius 2 is 2.06 bits per heavy atom. The molecular formula is C14H20N2O2. The van der Waals surface area contributed by atoms with Crippen molar-refractivity contribution < 1.29 is 9.47 Å². The average Bonchev–Trinajstić information content (AvgIpc) is 2.86. The molecule has 98 valence electrons. The molecule has 1 heterocycles. The van der Waals surface area contributed by atoms with Gasteiger partial charge in [-0.15, -0.1) is 0 Å². The zero-order valence-electron chi connectivity index (χ0n) is 11.0. The summed E-state index contributed by atoms with van der Waals surface area (Å²) in [7, 11) is 0. The molecule has 0 unspecified atom stereocenters. The van der Waals surface area contributed by atoms with Gasteiger partial charge in [0, 0.05) is 18.5 Å². The van der Waals surface area contributed by atoms with E-state index in [9.17, 15) is 0 Å². The molecule has 1 aromatic carbocycles. The third kappa shape index (κ3) is 3.15. The summed E-state index contributed by atoms with van der Waals surface area (Å²) >= 11 is 0. The Balaban J connectivity index is 2.18. The van der Waals surface area contributed by atoms with Crippen molar-refractivity contribution in [3.8, 4) is 11.5 Å². The van der Waals surface area contributed by atoms with Crippen molar-refractivity contribution in [3.05, 3.63) is 23.8 Å². The molecule has 0 atom stereocenters. The van der Waals surface area contributed by atoms with E-state index < -0.39 is 0 Å². The summed E-state index contributed by atoms with van der Waals surface area (Å²) in [5.41, 5.74) is 1.12. The molecule has 0 bridgehead atoms. The maximum absolute atomic E-state index is 5.64. The van der Waals surface area contributed by atoms with Crippen molar-refractivity contribution in [2.75, 3.05) is 26.3 Å². The standard InChI is InChI=1S/C14H20N2O2/c1-3-17-12-5-6-13(18-4-2)11(9-12)10-14-15-7-8-16-14/h5-6,9H,3-4,7-8,10H2,1-2H3,(H,15,16). The number of nitrogens with one attached hydrogen (secondary N) is 1. The molecule has 0 amide bonds. The van der Waals surface area contributed by atoms with Crippen LogP contribution in [0.15, 0.2) is 23.2 Å². The van der Waals surface area contributed by atoms with Crippen LogP contribution < -0.4 is 14.8 Å². The van der Waals surface area contributed by atoms with E-state index in [-0.39, 0.29) is 0 Å². The highest BCUT2D eigenvalue weighted by Gasteiger charge is 2.11. The lowest BCUT2D eigenvalue weighted by molar-refractivity contribution is 0.328. The third-order valence-corrected chi connectivity index (χ3v) is 2.74. The van der Waals surface area contributed by atoms with Crippen molar-refractivity contribution in [1.29, 1.82) is 0 Å². The van der Waals surface area contributed by atoms with Crippen LogP contribution in [-0.2, 0) is 6.42 Å². The van der Waals surface area contributed by atoms with Gasteiger partial charge in [0.25, 0.3) is 0 Å². The minimum atomic E-state index is 0.668. The number of hydrogen-bond acceptors (Lipinski definition) is 4. The fourth-order valence-electron chi connectivity index (χ4n) is 1.99. The number of hydrogen-bond donors (Lipinski definition) is 1. The van der Waals surface area contributed by atoms with E-state index in [0.717, 1.165) is 42.4 Å². The predicted octanol–water partition coefficient (Wildman–Crippen LogP) is 2.03. The van der Waals surface area contributed by atoms with E-state index in [1.807, 2.05) is 32.0 Å². The number of ether oxygens (including phenoxy) is 2. The maximum atomic E-state index is 5.64. The molecule has 1 aliphatic heterocycles. The van der Waals surface area contributed by atoms with Crippen LogP contribution in [0.1, 0.15) is 19.4 Å². The summed E-state index contributed by atoms with van der Waals surface area (Å²) in [5.74, 6) is 2.83. The van der Waals surface area contributed by atoms with E-state index >= 15 is 0 Å². The molecule has 18 heavy (non-hydrogen) atoms. The topological polar surface area (TPSA) is 42.9 Å². The highest BCUT2D eigenvalue weighted by atomic mass is 16.5. The first-order valence-electron chi connectivity index (χ1n) is 6.49. The van der Waals surface area contributed by atoms with Gasteiger partial charge in [0.15, 0.2) is 0 Å². The molecule has 0 saturated heterocycles. The second-order valence-electron chi connectivity index (χ2n) is 4.07. The molecule has 0 saturated carbocycles. The van der Waals surface area contributed by atoms with Gasteiger partial charge in [-0.25, -0.2) is 0 Å². The van der Waals surface area contributed by atoms with Crippen molar-refractivity contribution in [1.82, 2.24) is 5.32 Å². The Bertz CT molecular complexity index is 430. The van der Waals surface area contributed by atoms with Crippen molar-refractivity contribution >= 4 is 5.84 Å². The molecule has 4 nitrogen and oxygen atoms in total. The molecule has 2 rings (SSSR count). The fourth-order valence-corrected chi connectivity index (χ4v) is 1.99. The first kappa shape index (κ1) is 12.7. The minimum Gasteiger partial charge on any atom is -0.494 e. The number of nitrogens with zero attached hydrogens (tertiary/aromatic N) is 1. The lowest BCUT2D eigenvalue weighted by Crippen LogP contribution is -2.20. The molecule has 0 radical (unpaired) electrons. The number of rotatable bonds is 6. The third-order valence-electron chi connectivity index (χ3n) is 2.74. The zero-order valence-corrected chi connectivity index (χ0v) is 11.0. The van der Waals surface area contributed by atoms with Gasteiger partial charge >= 0.3 is 0 Å². The summed E-state index contributed by atoms with van der Waals surface area (Å²) in [6, 6.07) is 5.96. The van der Waals surface area contributed by atoms with Gasteiger partial charge in [-0.05, 0) is 32.0 Å². The van der Waals surface area contributed by atoms with Gasteiger partial charge in [0.1, 0.15) is 17.3 Å². The minimum absolute atomic E-state index is 0.668. The maximum Gasteiger partial charge on any atom is 0.123 e. The molecular weight excluding hydrogens is 228 g/mol. The van der Waals surface area contributed by atoms with E-state index in [4.69, 9.17) is 9.47 Å². The van der Waals surface area contributed by atoms with Gasteiger partial charge in [0.2, 0.25) is 0 Å². The zero-order chi connectivity index (χ0) is 12.8. The van der Waals surface area contributed by atoms with Crippen molar-refractivity contribution in [3.63, 3.8) is 0 Å². The van der Waals surface area contributed by atoms with Gasteiger partial charge in [-0.2, -0.15) is 0 Å². The summed E-state index contributed by atoms with van der Waals surface area (Å²) in [6.07, 6.45) is 0.774. The molecule has 0 fully saturated rings. The predicted molar refractivity (Wildman–Crippen MR) is 72.8 cm³/mol. The lowest BCUT2D eigenvalue weighted by Gasteiger charge is -2.12. The normalized spacial score (nSPS) is 14.0. The number of benzene rings is 1. The number of amidine groups is 1. The van der Waals surface area contributed by atoms with E-state index in [2.05, 4.69) is 10.3 Å².